The Morgan fingerprint density at radius 2 is 1.81 bits per heavy atom. The third-order valence-electron chi connectivity index (χ3n) is 5.47. The van der Waals surface area contributed by atoms with Crippen LogP contribution >= 0.6 is 0 Å². The lowest BCUT2D eigenvalue weighted by Crippen LogP contribution is -2.62. The lowest BCUT2D eigenvalue weighted by molar-refractivity contribution is -0.142. The number of hydrogen-bond donors (Lipinski definition) is 5. The summed E-state index contributed by atoms with van der Waals surface area (Å²) < 4.78 is 0. The lowest BCUT2D eigenvalue weighted by Gasteiger charge is -2.34. The number of hydrogen-bond acceptors (Lipinski definition) is 6. The molecule has 31 heavy (non-hydrogen) atoms. The lowest BCUT2D eigenvalue weighted by atomic mass is 9.97. The first kappa shape index (κ1) is 26.9. The Kier molecular flexibility index (Phi) is 11.0. The largest absolute Gasteiger partial charge is 0.368 e. The van der Waals surface area contributed by atoms with Crippen LogP contribution in [-0.2, 0) is 19.2 Å². The van der Waals surface area contributed by atoms with E-state index in [2.05, 4.69) is 15.9 Å². The Hall–Kier alpha value is -2.14. The zero-order chi connectivity index (χ0) is 23.7. The molecule has 174 valence electrons. The van der Waals surface area contributed by atoms with Crippen LogP contribution in [-0.4, -0.2) is 73.3 Å². The average Bonchev–Trinajstić information content (AvgIpc) is 3.19. The van der Waals surface area contributed by atoms with Crippen LogP contribution in [0.5, 0.6) is 0 Å². The van der Waals surface area contributed by atoms with Crippen molar-refractivity contribution in [3.05, 3.63) is 0 Å². The summed E-state index contributed by atoms with van der Waals surface area (Å²) in [7, 11) is 5.69. The number of amides is 4. The van der Waals surface area contributed by atoms with Crippen molar-refractivity contribution in [2.24, 2.45) is 17.4 Å². The number of nitrogens with zero attached hydrogens (tertiary/aromatic N) is 1. The average molecular weight is 436 g/mol. The van der Waals surface area contributed by atoms with Gasteiger partial charge in [-0.1, -0.05) is 27.2 Å². The fraction of sp³-hybridized carbons (Fsp3) is 0.800. The molecule has 0 aromatic rings. The fourth-order valence-electron chi connectivity index (χ4n) is 3.73. The maximum atomic E-state index is 13.4. The number of likely N-dealkylation sites (tertiary alicyclic amines) is 1. The smallest absolute Gasteiger partial charge is 0.247 e. The van der Waals surface area contributed by atoms with E-state index in [0.717, 1.165) is 6.42 Å². The SMILES string of the molecule is [B]NC(CCC)C(NC(=O)C(N)CC(C)C)C(=O)N1CCCC1C(=O)NC(C)C(N)=O. The molecular weight excluding hydrogens is 399 g/mol. The van der Waals surface area contributed by atoms with Gasteiger partial charge in [-0.25, -0.2) is 0 Å². The Balaban J connectivity index is 3.05. The third-order valence-corrected chi connectivity index (χ3v) is 5.47. The van der Waals surface area contributed by atoms with E-state index in [9.17, 15) is 19.2 Å². The van der Waals surface area contributed by atoms with E-state index in [1.807, 2.05) is 20.8 Å². The van der Waals surface area contributed by atoms with Crippen molar-refractivity contribution in [1.29, 1.82) is 0 Å². The normalized spacial score (nSPS) is 20.1. The zero-order valence-electron chi connectivity index (χ0n) is 19.0. The van der Waals surface area contributed by atoms with Gasteiger partial charge in [0, 0.05) is 12.6 Å². The van der Waals surface area contributed by atoms with E-state index in [4.69, 9.17) is 19.4 Å². The molecule has 5 unspecified atom stereocenters. The van der Waals surface area contributed by atoms with E-state index < -0.39 is 53.8 Å². The number of nitrogens with one attached hydrogen (secondary N) is 3. The van der Waals surface area contributed by atoms with Crippen molar-refractivity contribution in [3.8, 4) is 0 Å². The Labute approximate surface area is 186 Å². The van der Waals surface area contributed by atoms with Crippen LogP contribution in [0.3, 0.4) is 0 Å². The van der Waals surface area contributed by atoms with Crippen molar-refractivity contribution in [1.82, 2.24) is 20.8 Å². The molecule has 2 radical (unpaired) electrons. The summed E-state index contributed by atoms with van der Waals surface area (Å²) in [5, 5.41) is 7.91. The molecule has 5 atom stereocenters. The van der Waals surface area contributed by atoms with Gasteiger partial charge in [-0.15, -0.1) is 0 Å². The van der Waals surface area contributed by atoms with Gasteiger partial charge >= 0.3 is 0 Å². The summed E-state index contributed by atoms with van der Waals surface area (Å²) in [6.45, 7) is 7.69. The molecule has 1 aliphatic heterocycles. The van der Waals surface area contributed by atoms with E-state index >= 15 is 0 Å². The van der Waals surface area contributed by atoms with Crippen LogP contribution < -0.4 is 27.3 Å². The summed E-state index contributed by atoms with van der Waals surface area (Å²) >= 11 is 0. The molecule has 1 heterocycles. The minimum atomic E-state index is -0.974. The number of nitrogens with two attached hydrogens (primary N) is 2. The maximum absolute atomic E-state index is 13.4. The van der Waals surface area contributed by atoms with Crippen LogP contribution in [0.25, 0.3) is 0 Å². The highest BCUT2D eigenvalue weighted by atomic mass is 16.2. The van der Waals surface area contributed by atoms with E-state index in [1.54, 1.807) is 0 Å². The first-order valence-electron chi connectivity index (χ1n) is 11.0. The standard InChI is InChI=1S/C20H37BN6O4/c1-5-7-14(26-21)16(25-18(29)13(22)10-11(2)3)20(31)27-9-6-8-15(27)19(30)24-12(4)17(23)28/h11-16,26H,5-10,22H2,1-4H3,(H2,23,28)(H,24,30)(H,25,29). The van der Waals surface area contributed by atoms with Gasteiger partial charge in [0.25, 0.3) is 0 Å². The minimum absolute atomic E-state index is 0.216. The zero-order valence-corrected chi connectivity index (χ0v) is 19.0. The van der Waals surface area contributed by atoms with Gasteiger partial charge in [0.2, 0.25) is 23.6 Å². The summed E-state index contributed by atoms with van der Waals surface area (Å²) in [5.74, 6) is -1.75. The minimum Gasteiger partial charge on any atom is -0.368 e. The highest BCUT2D eigenvalue weighted by Crippen LogP contribution is 2.20. The van der Waals surface area contributed by atoms with Gasteiger partial charge < -0.3 is 32.2 Å². The van der Waals surface area contributed by atoms with E-state index in [-0.39, 0.29) is 5.92 Å². The molecule has 1 aliphatic rings. The predicted molar refractivity (Wildman–Crippen MR) is 118 cm³/mol. The maximum Gasteiger partial charge on any atom is 0.247 e. The number of carbonyl (C=O) groups excluding carboxylic acids is 4. The molecular formula is C20H37BN6O4. The van der Waals surface area contributed by atoms with Crippen LogP contribution in [0.1, 0.15) is 59.8 Å². The topological polar surface area (TPSA) is 160 Å². The molecule has 11 heteroatoms. The van der Waals surface area contributed by atoms with Gasteiger partial charge in [-0.3, -0.25) is 19.2 Å². The van der Waals surface area contributed by atoms with Gasteiger partial charge in [-0.05, 0) is 38.5 Å². The Morgan fingerprint density at radius 1 is 1.16 bits per heavy atom. The van der Waals surface area contributed by atoms with Crippen molar-refractivity contribution < 1.29 is 19.2 Å². The molecule has 0 aromatic heterocycles. The van der Waals surface area contributed by atoms with Crippen molar-refractivity contribution >= 4 is 31.6 Å². The second-order valence-electron chi connectivity index (χ2n) is 8.61. The fourth-order valence-corrected chi connectivity index (χ4v) is 3.73. The second kappa shape index (κ2) is 12.7. The highest BCUT2D eigenvalue weighted by Gasteiger charge is 2.40. The summed E-state index contributed by atoms with van der Waals surface area (Å²) in [6.07, 6.45) is 2.81. The van der Waals surface area contributed by atoms with Crippen molar-refractivity contribution in [2.75, 3.05) is 6.54 Å². The Bertz CT molecular complexity index is 647. The van der Waals surface area contributed by atoms with Crippen LogP contribution in [0.4, 0.5) is 0 Å². The molecule has 1 saturated heterocycles. The number of primary amides is 1. The van der Waals surface area contributed by atoms with E-state index in [0.29, 0.717) is 32.2 Å². The summed E-state index contributed by atoms with van der Waals surface area (Å²) in [5.41, 5.74) is 11.2. The predicted octanol–water partition coefficient (Wildman–Crippen LogP) is -1.33. The Morgan fingerprint density at radius 3 is 2.32 bits per heavy atom. The summed E-state index contributed by atoms with van der Waals surface area (Å²) in [4.78, 5) is 51.5. The number of carbonyl (C=O) groups is 4. The van der Waals surface area contributed by atoms with Gasteiger partial charge in [0.1, 0.15) is 18.1 Å². The molecule has 4 amide bonds. The molecule has 1 fully saturated rings. The molecule has 0 bridgehead atoms. The molecule has 0 aromatic carbocycles. The number of rotatable bonds is 12. The molecule has 7 N–H and O–H groups in total. The van der Waals surface area contributed by atoms with Crippen LogP contribution in [0, 0.1) is 5.92 Å². The summed E-state index contributed by atoms with van der Waals surface area (Å²) in [6, 6.07) is -3.87. The molecule has 0 saturated carbocycles. The van der Waals surface area contributed by atoms with Crippen LogP contribution in [0.15, 0.2) is 0 Å². The highest BCUT2D eigenvalue weighted by molar-refractivity contribution is 6.05. The van der Waals surface area contributed by atoms with Crippen LogP contribution in [0.2, 0.25) is 0 Å². The third kappa shape index (κ3) is 7.81. The van der Waals surface area contributed by atoms with Gasteiger partial charge in [-0.2, -0.15) is 0 Å². The quantitative estimate of drug-likeness (QED) is 0.238. The van der Waals surface area contributed by atoms with Gasteiger partial charge in [0.15, 0.2) is 7.98 Å². The molecule has 10 nitrogen and oxygen atoms in total. The van der Waals surface area contributed by atoms with Gasteiger partial charge in [0.05, 0.1) is 6.04 Å². The van der Waals surface area contributed by atoms with Crippen molar-refractivity contribution in [3.63, 3.8) is 0 Å². The second-order valence-corrected chi connectivity index (χ2v) is 8.61. The first-order chi connectivity index (χ1) is 14.5. The van der Waals surface area contributed by atoms with E-state index in [1.165, 1.54) is 11.8 Å². The molecule has 1 rings (SSSR count). The molecule has 0 spiro atoms. The molecule has 0 aliphatic carbocycles. The monoisotopic (exact) mass is 436 g/mol. The first-order valence-corrected chi connectivity index (χ1v) is 11.0. The van der Waals surface area contributed by atoms with Crippen molar-refractivity contribution in [2.45, 2.75) is 90.0 Å².